The number of amides is 1. The first-order valence-corrected chi connectivity index (χ1v) is 9.84. The van der Waals surface area contributed by atoms with Crippen molar-refractivity contribution in [3.8, 4) is 0 Å². The lowest BCUT2D eigenvalue weighted by atomic mass is 9.84. The fourth-order valence-corrected chi connectivity index (χ4v) is 3.62. The van der Waals surface area contributed by atoms with Crippen molar-refractivity contribution in [1.29, 1.82) is 0 Å². The summed E-state index contributed by atoms with van der Waals surface area (Å²) in [6.45, 7) is 3.29. The van der Waals surface area contributed by atoms with Crippen molar-refractivity contribution in [1.82, 2.24) is 15.5 Å². The van der Waals surface area contributed by atoms with Crippen molar-refractivity contribution in [3.63, 3.8) is 0 Å². The van der Waals surface area contributed by atoms with Gasteiger partial charge in [0.05, 0.1) is 17.6 Å². The SMILES string of the molecule is CCOC(=O)c1ccc(CNC(=NC)NCC2(C(=O)N(C)C)CCCC2)cc1. The quantitative estimate of drug-likeness (QED) is 0.425. The van der Waals surface area contributed by atoms with Gasteiger partial charge in [-0.2, -0.15) is 0 Å². The van der Waals surface area contributed by atoms with Crippen LogP contribution in [0.5, 0.6) is 0 Å². The van der Waals surface area contributed by atoms with Crippen molar-refractivity contribution in [2.45, 2.75) is 39.2 Å². The molecule has 1 aliphatic rings. The van der Waals surface area contributed by atoms with Crippen LogP contribution in [0.3, 0.4) is 0 Å². The summed E-state index contributed by atoms with van der Waals surface area (Å²) in [4.78, 5) is 30.3. The Labute approximate surface area is 167 Å². The summed E-state index contributed by atoms with van der Waals surface area (Å²) in [5, 5.41) is 6.59. The van der Waals surface area contributed by atoms with E-state index < -0.39 is 0 Å². The highest BCUT2D eigenvalue weighted by molar-refractivity contribution is 5.89. The summed E-state index contributed by atoms with van der Waals surface area (Å²) in [7, 11) is 5.35. The molecule has 1 aliphatic carbocycles. The molecule has 7 nitrogen and oxygen atoms in total. The maximum Gasteiger partial charge on any atom is 0.338 e. The van der Waals surface area contributed by atoms with Gasteiger partial charge in [-0.1, -0.05) is 25.0 Å². The summed E-state index contributed by atoms with van der Waals surface area (Å²) in [5.74, 6) is 0.529. The molecule has 1 saturated carbocycles. The minimum absolute atomic E-state index is 0.183. The predicted octanol–water partition coefficient (Wildman–Crippen LogP) is 2.18. The van der Waals surface area contributed by atoms with E-state index in [0.717, 1.165) is 31.2 Å². The van der Waals surface area contributed by atoms with Gasteiger partial charge in [-0.25, -0.2) is 4.79 Å². The summed E-state index contributed by atoms with van der Waals surface area (Å²) >= 11 is 0. The molecule has 1 aromatic carbocycles. The third kappa shape index (κ3) is 5.47. The number of carbonyl (C=O) groups is 2. The van der Waals surface area contributed by atoms with Gasteiger partial charge in [-0.3, -0.25) is 9.79 Å². The van der Waals surface area contributed by atoms with Gasteiger partial charge in [0.25, 0.3) is 0 Å². The average molecular weight is 389 g/mol. The highest BCUT2D eigenvalue weighted by atomic mass is 16.5. The molecule has 0 aromatic heterocycles. The maximum atomic E-state index is 12.7. The van der Waals surface area contributed by atoms with Crippen LogP contribution in [0.15, 0.2) is 29.3 Å². The molecule has 0 unspecified atom stereocenters. The number of ether oxygens (including phenoxy) is 1. The number of guanidine groups is 1. The van der Waals surface area contributed by atoms with E-state index in [2.05, 4.69) is 15.6 Å². The van der Waals surface area contributed by atoms with Crippen LogP contribution in [0.1, 0.15) is 48.5 Å². The van der Waals surface area contributed by atoms with Crippen LogP contribution < -0.4 is 10.6 Å². The second-order valence-corrected chi connectivity index (χ2v) is 7.38. The molecule has 154 valence electrons. The van der Waals surface area contributed by atoms with Gasteiger partial charge in [-0.15, -0.1) is 0 Å². The van der Waals surface area contributed by atoms with Gasteiger partial charge >= 0.3 is 5.97 Å². The number of esters is 1. The van der Waals surface area contributed by atoms with Crippen LogP contribution in [0.4, 0.5) is 0 Å². The van der Waals surface area contributed by atoms with Crippen molar-refractivity contribution in [2.24, 2.45) is 10.4 Å². The minimum Gasteiger partial charge on any atom is -0.462 e. The Kier molecular flexibility index (Phi) is 7.84. The highest BCUT2D eigenvalue weighted by Gasteiger charge is 2.42. The van der Waals surface area contributed by atoms with Gasteiger partial charge < -0.3 is 20.3 Å². The number of rotatable bonds is 7. The molecule has 2 N–H and O–H groups in total. The lowest BCUT2D eigenvalue weighted by Gasteiger charge is -2.31. The molecular weight excluding hydrogens is 356 g/mol. The molecule has 1 aromatic rings. The smallest absolute Gasteiger partial charge is 0.338 e. The third-order valence-corrected chi connectivity index (χ3v) is 5.16. The van der Waals surface area contributed by atoms with Crippen LogP contribution >= 0.6 is 0 Å². The van der Waals surface area contributed by atoms with Gasteiger partial charge in [0.2, 0.25) is 5.91 Å². The molecule has 0 atom stereocenters. The molecule has 1 amide bonds. The summed E-state index contributed by atoms with van der Waals surface area (Å²) in [6.07, 6.45) is 3.98. The first kappa shape index (κ1) is 21.7. The second-order valence-electron chi connectivity index (χ2n) is 7.38. The molecule has 1 fully saturated rings. The van der Waals surface area contributed by atoms with E-state index in [1.807, 2.05) is 26.2 Å². The average Bonchev–Trinajstić information content (AvgIpc) is 3.18. The van der Waals surface area contributed by atoms with E-state index in [9.17, 15) is 9.59 Å². The Hall–Kier alpha value is -2.57. The number of carbonyl (C=O) groups excluding carboxylic acids is 2. The molecule has 0 bridgehead atoms. The molecule has 7 heteroatoms. The van der Waals surface area contributed by atoms with E-state index in [0.29, 0.717) is 31.2 Å². The maximum absolute atomic E-state index is 12.7. The zero-order valence-electron chi connectivity index (χ0n) is 17.4. The molecule has 0 heterocycles. The number of nitrogens with zero attached hydrogens (tertiary/aromatic N) is 2. The predicted molar refractivity (Wildman–Crippen MR) is 110 cm³/mol. The standard InChI is InChI=1S/C21H32N4O3/c1-5-28-18(26)17-10-8-16(9-11-17)14-23-20(22-2)24-15-21(12-6-7-13-21)19(27)25(3)4/h8-11H,5-7,12-15H2,1-4H3,(H2,22,23,24). The molecule has 0 aliphatic heterocycles. The zero-order valence-corrected chi connectivity index (χ0v) is 17.4. The van der Waals surface area contributed by atoms with E-state index in [1.54, 1.807) is 31.0 Å². The molecular formula is C21H32N4O3. The Bertz CT molecular complexity index is 692. The number of aliphatic imine (C=N–C) groups is 1. The number of hydrogen-bond donors (Lipinski definition) is 2. The number of hydrogen-bond acceptors (Lipinski definition) is 4. The van der Waals surface area contributed by atoms with Crippen molar-refractivity contribution >= 4 is 17.8 Å². The van der Waals surface area contributed by atoms with Crippen LogP contribution in [0.2, 0.25) is 0 Å². The minimum atomic E-state index is -0.345. The molecule has 0 radical (unpaired) electrons. The Morgan fingerprint density at radius 3 is 2.32 bits per heavy atom. The van der Waals surface area contributed by atoms with Crippen molar-refractivity contribution in [2.75, 3.05) is 34.3 Å². The van der Waals surface area contributed by atoms with E-state index >= 15 is 0 Å². The summed E-state index contributed by atoms with van der Waals surface area (Å²) < 4.78 is 4.99. The second kappa shape index (κ2) is 10.1. The van der Waals surface area contributed by atoms with Gasteiger partial charge in [-0.05, 0) is 37.5 Å². The van der Waals surface area contributed by atoms with Gasteiger partial charge in [0.15, 0.2) is 5.96 Å². The first-order valence-electron chi connectivity index (χ1n) is 9.84. The normalized spacial score (nSPS) is 15.8. The van der Waals surface area contributed by atoms with Crippen LogP contribution in [0, 0.1) is 5.41 Å². The van der Waals surface area contributed by atoms with E-state index in [4.69, 9.17) is 4.74 Å². The summed E-state index contributed by atoms with van der Waals surface area (Å²) in [5.41, 5.74) is 1.22. The lowest BCUT2D eigenvalue weighted by Crippen LogP contribution is -2.49. The van der Waals surface area contributed by atoms with Crippen LogP contribution in [-0.2, 0) is 16.1 Å². The van der Waals surface area contributed by atoms with Crippen molar-refractivity contribution in [3.05, 3.63) is 35.4 Å². The highest BCUT2D eigenvalue weighted by Crippen LogP contribution is 2.38. The first-order chi connectivity index (χ1) is 13.4. The lowest BCUT2D eigenvalue weighted by molar-refractivity contribution is -0.138. The Balaban J connectivity index is 1.90. The van der Waals surface area contributed by atoms with Gasteiger partial charge in [0, 0.05) is 34.2 Å². The topological polar surface area (TPSA) is 83.0 Å². The van der Waals surface area contributed by atoms with Crippen LogP contribution in [0.25, 0.3) is 0 Å². The molecule has 28 heavy (non-hydrogen) atoms. The Morgan fingerprint density at radius 2 is 1.79 bits per heavy atom. The third-order valence-electron chi connectivity index (χ3n) is 5.16. The largest absolute Gasteiger partial charge is 0.462 e. The van der Waals surface area contributed by atoms with Crippen molar-refractivity contribution < 1.29 is 14.3 Å². The Morgan fingerprint density at radius 1 is 1.14 bits per heavy atom. The summed E-state index contributed by atoms with van der Waals surface area (Å²) in [6, 6.07) is 7.30. The molecule has 2 rings (SSSR count). The van der Waals surface area contributed by atoms with E-state index in [1.165, 1.54) is 0 Å². The molecule has 0 saturated heterocycles. The number of nitrogens with one attached hydrogen (secondary N) is 2. The number of benzene rings is 1. The fourth-order valence-electron chi connectivity index (χ4n) is 3.62. The van der Waals surface area contributed by atoms with Crippen LogP contribution in [-0.4, -0.2) is 57.0 Å². The molecule has 0 spiro atoms. The monoisotopic (exact) mass is 388 g/mol. The zero-order chi connectivity index (χ0) is 20.6. The van der Waals surface area contributed by atoms with Gasteiger partial charge in [0.1, 0.15) is 0 Å². The fraction of sp³-hybridized carbons (Fsp3) is 0.571. The van der Waals surface area contributed by atoms with E-state index in [-0.39, 0.29) is 17.3 Å².